The minimum Gasteiger partial charge on any atom is -0.496 e. The van der Waals surface area contributed by atoms with E-state index in [4.69, 9.17) is 9.47 Å². The van der Waals surface area contributed by atoms with Crippen LogP contribution in [0.15, 0.2) is 18.2 Å². The van der Waals surface area contributed by atoms with Crippen molar-refractivity contribution in [1.29, 1.82) is 0 Å². The third-order valence-electron chi connectivity index (χ3n) is 3.00. The monoisotopic (exact) mass is 250 g/mol. The highest BCUT2D eigenvalue weighted by Gasteiger charge is 2.21. The predicted octanol–water partition coefficient (Wildman–Crippen LogP) is 2.93. The number of benzene rings is 1. The number of rotatable bonds is 6. The van der Waals surface area contributed by atoms with Gasteiger partial charge in [-0.15, -0.1) is 0 Å². The Bertz CT molecular complexity index is 422. The van der Waals surface area contributed by atoms with E-state index in [9.17, 15) is 4.79 Å². The molecule has 0 aliphatic rings. The Kier molecular flexibility index (Phi) is 4.91. The van der Waals surface area contributed by atoms with Crippen LogP contribution in [0.1, 0.15) is 31.4 Å². The van der Waals surface area contributed by atoms with Gasteiger partial charge in [0.15, 0.2) is 0 Å². The van der Waals surface area contributed by atoms with Gasteiger partial charge >= 0.3 is 0 Å². The van der Waals surface area contributed by atoms with Crippen LogP contribution in [0.25, 0.3) is 0 Å². The molecule has 18 heavy (non-hydrogen) atoms. The first kappa shape index (κ1) is 14.7. The number of methoxy groups -OCH3 is 2. The molecule has 0 saturated heterocycles. The van der Waals surface area contributed by atoms with Gasteiger partial charge in [-0.25, -0.2) is 0 Å². The van der Waals surface area contributed by atoms with Gasteiger partial charge in [-0.05, 0) is 26.8 Å². The number of hydrogen-bond acceptors (Lipinski definition) is 3. The fourth-order valence-corrected chi connectivity index (χ4v) is 1.87. The van der Waals surface area contributed by atoms with Crippen LogP contribution in [0.3, 0.4) is 0 Å². The first-order chi connectivity index (χ1) is 8.38. The second kappa shape index (κ2) is 6.01. The van der Waals surface area contributed by atoms with Crippen molar-refractivity contribution in [2.24, 2.45) is 0 Å². The van der Waals surface area contributed by atoms with Crippen LogP contribution in [0.5, 0.6) is 5.75 Å². The zero-order chi connectivity index (χ0) is 13.8. The van der Waals surface area contributed by atoms with Crippen molar-refractivity contribution >= 4 is 5.78 Å². The third kappa shape index (κ3) is 4.15. The number of Topliss-reactive ketones (excluding diaryl/α,β-unsaturated/α-hetero) is 1. The molecule has 0 aliphatic heterocycles. The average Bonchev–Trinajstić information content (AvgIpc) is 2.28. The Morgan fingerprint density at radius 3 is 2.50 bits per heavy atom. The molecule has 0 atom stereocenters. The molecule has 0 heterocycles. The number of ketones is 1. The minimum atomic E-state index is -0.409. The van der Waals surface area contributed by atoms with E-state index in [1.165, 1.54) is 0 Å². The molecule has 1 aromatic carbocycles. The SMILES string of the molecule is COc1ccc(C)cc1CC(=O)CC(C)(C)OC. The van der Waals surface area contributed by atoms with Crippen LogP contribution in [-0.2, 0) is 16.0 Å². The fraction of sp³-hybridized carbons (Fsp3) is 0.533. The molecule has 0 aliphatic carbocycles. The summed E-state index contributed by atoms with van der Waals surface area (Å²) in [7, 11) is 3.25. The molecule has 0 amide bonds. The lowest BCUT2D eigenvalue weighted by Crippen LogP contribution is -2.27. The molecule has 1 rings (SSSR count). The van der Waals surface area contributed by atoms with Crippen LogP contribution >= 0.6 is 0 Å². The molecule has 0 radical (unpaired) electrons. The summed E-state index contributed by atoms with van der Waals surface area (Å²) in [5, 5.41) is 0. The predicted molar refractivity (Wildman–Crippen MR) is 72.1 cm³/mol. The van der Waals surface area contributed by atoms with E-state index in [1.54, 1.807) is 14.2 Å². The van der Waals surface area contributed by atoms with Crippen molar-refractivity contribution in [2.75, 3.05) is 14.2 Å². The number of carbonyl (C=O) groups is 1. The van der Waals surface area contributed by atoms with Crippen LogP contribution in [0.4, 0.5) is 0 Å². The highest BCUT2D eigenvalue weighted by Crippen LogP contribution is 2.22. The summed E-state index contributed by atoms with van der Waals surface area (Å²) < 4.78 is 10.5. The van der Waals surface area contributed by atoms with Crippen molar-refractivity contribution in [3.05, 3.63) is 29.3 Å². The van der Waals surface area contributed by atoms with Gasteiger partial charge in [-0.2, -0.15) is 0 Å². The molecule has 0 aromatic heterocycles. The Morgan fingerprint density at radius 1 is 1.28 bits per heavy atom. The quantitative estimate of drug-likeness (QED) is 0.778. The molecular formula is C15H22O3. The largest absolute Gasteiger partial charge is 0.496 e. The van der Waals surface area contributed by atoms with Crippen LogP contribution in [-0.4, -0.2) is 25.6 Å². The molecule has 0 bridgehead atoms. The Morgan fingerprint density at radius 2 is 1.94 bits per heavy atom. The second-order valence-electron chi connectivity index (χ2n) is 5.17. The van der Waals surface area contributed by atoms with E-state index in [0.29, 0.717) is 12.8 Å². The van der Waals surface area contributed by atoms with Crippen molar-refractivity contribution in [3.8, 4) is 5.75 Å². The van der Waals surface area contributed by atoms with Crippen molar-refractivity contribution in [2.45, 2.75) is 39.2 Å². The molecule has 0 spiro atoms. The number of carbonyl (C=O) groups excluding carboxylic acids is 1. The summed E-state index contributed by atoms with van der Waals surface area (Å²) in [5.74, 6) is 0.926. The standard InChI is InChI=1S/C15H22O3/c1-11-6-7-14(17-4)12(8-11)9-13(16)10-15(2,3)18-5/h6-8H,9-10H2,1-5H3. The fourth-order valence-electron chi connectivity index (χ4n) is 1.87. The lowest BCUT2D eigenvalue weighted by atomic mass is 9.96. The second-order valence-corrected chi connectivity index (χ2v) is 5.17. The van der Waals surface area contributed by atoms with Crippen molar-refractivity contribution in [3.63, 3.8) is 0 Å². The van der Waals surface area contributed by atoms with E-state index in [0.717, 1.165) is 16.9 Å². The zero-order valence-electron chi connectivity index (χ0n) is 11.9. The number of ether oxygens (including phenoxy) is 2. The summed E-state index contributed by atoms with van der Waals surface area (Å²) in [6.07, 6.45) is 0.790. The van der Waals surface area contributed by atoms with Crippen molar-refractivity contribution in [1.82, 2.24) is 0 Å². The Balaban J connectivity index is 2.78. The number of hydrogen-bond donors (Lipinski definition) is 0. The van der Waals surface area contributed by atoms with Gasteiger partial charge in [-0.3, -0.25) is 4.79 Å². The smallest absolute Gasteiger partial charge is 0.140 e. The van der Waals surface area contributed by atoms with E-state index in [1.807, 2.05) is 39.0 Å². The van der Waals surface area contributed by atoms with Crippen molar-refractivity contribution < 1.29 is 14.3 Å². The molecule has 100 valence electrons. The Labute approximate surface area is 109 Å². The first-order valence-corrected chi connectivity index (χ1v) is 6.08. The normalized spacial score (nSPS) is 11.4. The summed E-state index contributed by atoms with van der Waals surface area (Å²) in [4.78, 5) is 12.0. The summed E-state index contributed by atoms with van der Waals surface area (Å²) in [6.45, 7) is 5.84. The van der Waals surface area contributed by atoms with Gasteiger partial charge in [0.05, 0.1) is 12.7 Å². The Hall–Kier alpha value is -1.35. The van der Waals surface area contributed by atoms with E-state index in [2.05, 4.69) is 0 Å². The number of aryl methyl sites for hydroxylation is 1. The van der Waals surface area contributed by atoms with Gasteiger partial charge in [-0.1, -0.05) is 17.7 Å². The average molecular weight is 250 g/mol. The van der Waals surface area contributed by atoms with Gasteiger partial charge in [0.25, 0.3) is 0 Å². The maximum atomic E-state index is 12.0. The van der Waals surface area contributed by atoms with Gasteiger partial charge in [0, 0.05) is 25.5 Å². The molecule has 0 unspecified atom stereocenters. The molecule has 3 heteroatoms. The maximum absolute atomic E-state index is 12.0. The zero-order valence-corrected chi connectivity index (χ0v) is 11.9. The first-order valence-electron chi connectivity index (χ1n) is 6.08. The van der Waals surface area contributed by atoms with Gasteiger partial charge in [0.1, 0.15) is 11.5 Å². The van der Waals surface area contributed by atoms with Crippen LogP contribution in [0, 0.1) is 6.92 Å². The molecule has 0 saturated carbocycles. The van der Waals surface area contributed by atoms with Crippen LogP contribution < -0.4 is 4.74 Å². The lowest BCUT2D eigenvalue weighted by Gasteiger charge is -2.22. The molecule has 1 aromatic rings. The molecule has 0 fully saturated rings. The van der Waals surface area contributed by atoms with Gasteiger partial charge in [0.2, 0.25) is 0 Å². The third-order valence-corrected chi connectivity index (χ3v) is 3.00. The van der Waals surface area contributed by atoms with Gasteiger partial charge < -0.3 is 9.47 Å². The van der Waals surface area contributed by atoms with E-state index in [-0.39, 0.29) is 5.78 Å². The molecular weight excluding hydrogens is 228 g/mol. The van der Waals surface area contributed by atoms with Crippen LogP contribution in [0.2, 0.25) is 0 Å². The summed E-state index contributed by atoms with van der Waals surface area (Å²) >= 11 is 0. The van der Waals surface area contributed by atoms with E-state index < -0.39 is 5.60 Å². The topological polar surface area (TPSA) is 35.5 Å². The summed E-state index contributed by atoms with van der Waals surface area (Å²) in [5.41, 5.74) is 1.66. The van der Waals surface area contributed by atoms with E-state index >= 15 is 0 Å². The lowest BCUT2D eigenvalue weighted by molar-refractivity contribution is -0.123. The summed E-state index contributed by atoms with van der Waals surface area (Å²) in [6, 6.07) is 5.88. The highest BCUT2D eigenvalue weighted by molar-refractivity contribution is 5.82. The minimum absolute atomic E-state index is 0.158. The molecule has 3 nitrogen and oxygen atoms in total. The molecule has 0 N–H and O–H groups in total. The maximum Gasteiger partial charge on any atom is 0.140 e. The highest BCUT2D eigenvalue weighted by atomic mass is 16.5.